The summed E-state index contributed by atoms with van der Waals surface area (Å²) in [6.07, 6.45) is 1.96. The lowest BCUT2D eigenvalue weighted by Crippen LogP contribution is -1.94. The highest BCUT2D eigenvalue weighted by atomic mass is 32.1. The third kappa shape index (κ3) is 3.69. The van der Waals surface area contributed by atoms with Gasteiger partial charge in [-0.05, 0) is 34.7 Å². The number of nitrogens with zero attached hydrogens (tertiary/aromatic N) is 3. The van der Waals surface area contributed by atoms with Gasteiger partial charge in [0.05, 0.1) is 21.4 Å². The zero-order chi connectivity index (χ0) is 25.8. The van der Waals surface area contributed by atoms with Crippen molar-refractivity contribution in [2.75, 3.05) is 0 Å². The average Bonchev–Trinajstić information content (AvgIpc) is 3.39. The number of fused-ring (bicyclic) bond motifs is 6. The Morgan fingerprint density at radius 1 is 0.513 bits per heavy atom. The fraction of sp³-hybridized carbons (Fsp3) is 0. The highest BCUT2D eigenvalue weighted by Crippen LogP contribution is 2.39. The van der Waals surface area contributed by atoms with Gasteiger partial charge in [-0.15, -0.1) is 11.3 Å². The SMILES string of the molecule is c1ccc(-c2nc(-c3cccc(-c4ccc5c(c4)ncc4ccccc45)c3)nc3c2sc2ccccc23)cc1. The Morgan fingerprint density at radius 3 is 2.18 bits per heavy atom. The molecule has 0 aliphatic rings. The van der Waals surface area contributed by atoms with E-state index < -0.39 is 0 Å². The number of hydrogen-bond acceptors (Lipinski definition) is 4. The Morgan fingerprint density at radius 2 is 1.26 bits per heavy atom. The van der Waals surface area contributed by atoms with Gasteiger partial charge in [0.1, 0.15) is 0 Å². The van der Waals surface area contributed by atoms with Crippen molar-refractivity contribution in [3.63, 3.8) is 0 Å². The molecule has 0 aliphatic carbocycles. The van der Waals surface area contributed by atoms with Crippen LogP contribution in [0.1, 0.15) is 0 Å². The summed E-state index contributed by atoms with van der Waals surface area (Å²) in [7, 11) is 0. The van der Waals surface area contributed by atoms with E-state index in [-0.39, 0.29) is 0 Å². The number of pyridine rings is 1. The molecule has 8 rings (SSSR count). The second-order valence-corrected chi connectivity index (χ2v) is 10.7. The van der Waals surface area contributed by atoms with Crippen LogP contribution < -0.4 is 0 Å². The number of benzene rings is 5. The van der Waals surface area contributed by atoms with Gasteiger partial charge >= 0.3 is 0 Å². The molecule has 4 heteroatoms. The number of rotatable bonds is 3. The fourth-order valence-electron chi connectivity index (χ4n) is 5.39. The second kappa shape index (κ2) is 8.83. The molecule has 3 aromatic heterocycles. The van der Waals surface area contributed by atoms with Crippen molar-refractivity contribution in [1.29, 1.82) is 0 Å². The van der Waals surface area contributed by atoms with Crippen molar-refractivity contribution in [1.82, 2.24) is 15.0 Å². The monoisotopic (exact) mass is 515 g/mol. The van der Waals surface area contributed by atoms with E-state index in [9.17, 15) is 0 Å². The summed E-state index contributed by atoms with van der Waals surface area (Å²) in [4.78, 5) is 15.0. The van der Waals surface area contributed by atoms with Crippen LogP contribution in [0.3, 0.4) is 0 Å². The molecule has 3 heterocycles. The van der Waals surface area contributed by atoms with E-state index in [2.05, 4.69) is 115 Å². The van der Waals surface area contributed by atoms with Crippen molar-refractivity contribution >= 4 is 53.3 Å². The van der Waals surface area contributed by atoms with Crippen LogP contribution in [0.4, 0.5) is 0 Å². The van der Waals surface area contributed by atoms with Crippen LogP contribution in [0, 0.1) is 0 Å². The Balaban J connectivity index is 1.30. The van der Waals surface area contributed by atoms with Gasteiger partial charge in [0.25, 0.3) is 0 Å². The molecule has 0 fully saturated rings. The van der Waals surface area contributed by atoms with Gasteiger partial charge in [0.15, 0.2) is 5.82 Å². The molecule has 0 atom stereocenters. The van der Waals surface area contributed by atoms with Crippen molar-refractivity contribution in [2.45, 2.75) is 0 Å². The Kier molecular flexibility index (Phi) is 5.00. The quantitative estimate of drug-likeness (QED) is 0.220. The standard InChI is InChI=1S/C35H21N3S/c1-2-9-22(10-3-1)32-34-33(29-15-6-7-16-31(29)39-34)38-35(37-32)25-13-8-12-23(19-25)24-17-18-28-27-14-5-4-11-26(27)21-36-30(28)20-24/h1-21H. The van der Waals surface area contributed by atoms with Crippen molar-refractivity contribution in [2.24, 2.45) is 0 Å². The molecular weight excluding hydrogens is 494 g/mol. The highest BCUT2D eigenvalue weighted by Gasteiger charge is 2.16. The second-order valence-electron chi connectivity index (χ2n) is 9.70. The highest BCUT2D eigenvalue weighted by molar-refractivity contribution is 7.26. The summed E-state index contributed by atoms with van der Waals surface area (Å²) in [5.74, 6) is 0.733. The van der Waals surface area contributed by atoms with Crippen LogP contribution in [-0.2, 0) is 0 Å². The van der Waals surface area contributed by atoms with Crippen molar-refractivity contribution < 1.29 is 0 Å². The summed E-state index contributed by atoms with van der Waals surface area (Å²) in [5.41, 5.74) is 7.30. The molecule has 0 saturated carbocycles. The zero-order valence-corrected chi connectivity index (χ0v) is 21.7. The molecule has 0 amide bonds. The number of aromatic nitrogens is 3. The molecule has 5 aromatic carbocycles. The van der Waals surface area contributed by atoms with Crippen LogP contribution in [0.5, 0.6) is 0 Å². The van der Waals surface area contributed by atoms with Crippen LogP contribution in [0.15, 0.2) is 128 Å². The van der Waals surface area contributed by atoms with E-state index in [0.29, 0.717) is 0 Å². The molecule has 182 valence electrons. The van der Waals surface area contributed by atoms with Gasteiger partial charge in [0, 0.05) is 38.2 Å². The Hall–Kier alpha value is -4.93. The van der Waals surface area contributed by atoms with Crippen LogP contribution in [0.2, 0.25) is 0 Å². The van der Waals surface area contributed by atoms with E-state index in [1.165, 1.54) is 20.9 Å². The lowest BCUT2D eigenvalue weighted by Gasteiger charge is -2.10. The number of thiophene rings is 1. The molecule has 0 saturated heterocycles. The van der Waals surface area contributed by atoms with Crippen LogP contribution in [0.25, 0.3) is 75.8 Å². The summed E-state index contributed by atoms with van der Waals surface area (Å²) >= 11 is 1.76. The maximum Gasteiger partial charge on any atom is 0.160 e. The van der Waals surface area contributed by atoms with Crippen molar-refractivity contribution in [3.8, 4) is 33.8 Å². The molecular formula is C35H21N3S. The molecule has 8 aromatic rings. The minimum Gasteiger partial charge on any atom is -0.256 e. The maximum atomic E-state index is 5.14. The first kappa shape index (κ1) is 22.1. The Labute approximate surface area is 229 Å². The lowest BCUT2D eigenvalue weighted by molar-refractivity contribution is 1.24. The average molecular weight is 516 g/mol. The molecule has 39 heavy (non-hydrogen) atoms. The van der Waals surface area contributed by atoms with Crippen LogP contribution in [-0.4, -0.2) is 15.0 Å². The predicted octanol–water partition coefficient (Wildman–Crippen LogP) is 9.55. The summed E-state index contributed by atoms with van der Waals surface area (Å²) in [6.45, 7) is 0. The number of hydrogen-bond donors (Lipinski definition) is 0. The zero-order valence-electron chi connectivity index (χ0n) is 20.9. The van der Waals surface area contributed by atoms with Gasteiger partial charge in [-0.2, -0.15) is 0 Å². The predicted molar refractivity (Wildman–Crippen MR) is 164 cm³/mol. The first-order chi connectivity index (χ1) is 19.3. The summed E-state index contributed by atoms with van der Waals surface area (Å²) < 4.78 is 2.34. The van der Waals surface area contributed by atoms with Gasteiger partial charge in [0.2, 0.25) is 0 Å². The van der Waals surface area contributed by atoms with Gasteiger partial charge in [-0.25, -0.2) is 9.97 Å². The molecule has 0 aliphatic heterocycles. The fourth-order valence-corrected chi connectivity index (χ4v) is 6.54. The third-order valence-corrected chi connectivity index (χ3v) is 8.48. The van der Waals surface area contributed by atoms with Gasteiger partial charge in [-0.1, -0.05) is 103 Å². The molecule has 0 spiro atoms. The summed E-state index contributed by atoms with van der Waals surface area (Å²) in [6, 6.07) is 42.3. The topological polar surface area (TPSA) is 38.7 Å². The molecule has 0 unspecified atom stereocenters. The largest absolute Gasteiger partial charge is 0.256 e. The third-order valence-electron chi connectivity index (χ3n) is 7.31. The Bertz CT molecular complexity index is 2180. The maximum absolute atomic E-state index is 5.14. The normalized spacial score (nSPS) is 11.6. The minimum atomic E-state index is 0.733. The molecule has 3 nitrogen and oxygen atoms in total. The van der Waals surface area contributed by atoms with Crippen LogP contribution >= 0.6 is 11.3 Å². The van der Waals surface area contributed by atoms with E-state index in [1.807, 2.05) is 12.3 Å². The van der Waals surface area contributed by atoms with E-state index in [1.54, 1.807) is 11.3 Å². The van der Waals surface area contributed by atoms with E-state index in [0.717, 1.165) is 54.9 Å². The van der Waals surface area contributed by atoms with E-state index >= 15 is 0 Å². The van der Waals surface area contributed by atoms with Crippen molar-refractivity contribution in [3.05, 3.63) is 128 Å². The molecule has 0 radical (unpaired) electrons. The van der Waals surface area contributed by atoms with Gasteiger partial charge in [-0.3, -0.25) is 4.98 Å². The molecule has 0 bridgehead atoms. The first-order valence-corrected chi connectivity index (χ1v) is 13.8. The smallest absolute Gasteiger partial charge is 0.160 e. The molecule has 0 N–H and O–H groups in total. The van der Waals surface area contributed by atoms with Gasteiger partial charge < -0.3 is 0 Å². The minimum absolute atomic E-state index is 0.733. The lowest BCUT2D eigenvalue weighted by atomic mass is 9.99. The summed E-state index contributed by atoms with van der Waals surface area (Å²) in [5, 5.41) is 4.71. The van der Waals surface area contributed by atoms with E-state index in [4.69, 9.17) is 15.0 Å². The first-order valence-electron chi connectivity index (χ1n) is 12.9.